The molecule has 0 saturated heterocycles. The first-order chi connectivity index (χ1) is 12.8. The molecule has 0 amide bonds. The standard InChI is InChI=1S/C21H19ClO5/c1-12-4-9-18-15(10-19(23)27-20(18)13(12)2)11-25-21(24)14(3)26-17-7-5-16(22)6-8-17/h4-10,14H,11H2,1-3H3/t14-/m0/s1. The summed E-state index contributed by atoms with van der Waals surface area (Å²) in [5.74, 6) is -0.0177. The lowest BCUT2D eigenvalue weighted by molar-refractivity contribution is -0.152. The Balaban J connectivity index is 1.74. The average molecular weight is 387 g/mol. The van der Waals surface area contributed by atoms with Gasteiger partial charge in [-0.25, -0.2) is 9.59 Å². The number of fused-ring (bicyclic) bond motifs is 1. The third-order valence-electron chi connectivity index (χ3n) is 4.35. The monoisotopic (exact) mass is 386 g/mol. The zero-order chi connectivity index (χ0) is 19.6. The lowest BCUT2D eigenvalue weighted by Crippen LogP contribution is -2.26. The molecule has 3 aromatic rings. The van der Waals surface area contributed by atoms with Crippen LogP contribution in [0, 0.1) is 13.8 Å². The molecule has 1 atom stereocenters. The minimum Gasteiger partial charge on any atom is -0.479 e. The average Bonchev–Trinajstić information content (AvgIpc) is 2.64. The summed E-state index contributed by atoms with van der Waals surface area (Å²) in [6.07, 6.45) is -0.804. The van der Waals surface area contributed by atoms with Gasteiger partial charge in [0.15, 0.2) is 6.10 Å². The second-order valence-corrected chi connectivity index (χ2v) is 6.73. The van der Waals surface area contributed by atoms with Gasteiger partial charge in [-0.1, -0.05) is 23.7 Å². The van der Waals surface area contributed by atoms with Gasteiger partial charge >= 0.3 is 11.6 Å². The second kappa shape index (κ2) is 7.84. The molecule has 0 radical (unpaired) electrons. The van der Waals surface area contributed by atoms with Crippen molar-refractivity contribution in [3.63, 3.8) is 0 Å². The molecular formula is C21H19ClO5. The van der Waals surface area contributed by atoms with Crippen LogP contribution in [0.3, 0.4) is 0 Å². The minimum atomic E-state index is -0.804. The molecule has 0 saturated carbocycles. The predicted molar refractivity (Wildman–Crippen MR) is 103 cm³/mol. The number of halogens is 1. The van der Waals surface area contributed by atoms with E-state index in [1.54, 1.807) is 31.2 Å². The molecule has 0 fully saturated rings. The van der Waals surface area contributed by atoms with Crippen molar-refractivity contribution >= 4 is 28.5 Å². The van der Waals surface area contributed by atoms with Crippen molar-refractivity contribution in [2.45, 2.75) is 33.5 Å². The van der Waals surface area contributed by atoms with Crippen molar-refractivity contribution in [2.75, 3.05) is 0 Å². The van der Waals surface area contributed by atoms with Crippen molar-refractivity contribution in [1.29, 1.82) is 0 Å². The van der Waals surface area contributed by atoms with E-state index < -0.39 is 17.7 Å². The molecule has 0 spiro atoms. The third kappa shape index (κ3) is 4.31. The Labute approximate surface area is 161 Å². The number of carbonyl (C=O) groups excluding carboxylic acids is 1. The van der Waals surface area contributed by atoms with Crippen LogP contribution >= 0.6 is 11.6 Å². The van der Waals surface area contributed by atoms with E-state index in [0.29, 0.717) is 21.9 Å². The molecule has 6 heteroatoms. The number of rotatable bonds is 5. The van der Waals surface area contributed by atoms with Crippen molar-refractivity contribution in [2.24, 2.45) is 0 Å². The first-order valence-electron chi connectivity index (χ1n) is 8.47. The van der Waals surface area contributed by atoms with Gasteiger partial charge < -0.3 is 13.9 Å². The summed E-state index contributed by atoms with van der Waals surface area (Å²) < 4.78 is 16.2. The topological polar surface area (TPSA) is 65.7 Å². The molecule has 0 bridgehead atoms. The predicted octanol–water partition coefficient (Wildman–Crippen LogP) is 4.57. The molecule has 1 aromatic heterocycles. The van der Waals surface area contributed by atoms with Crippen molar-refractivity contribution in [3.05, 3.63) is 74.6 Å². The molecule has 0 aliphatic carbocycles. The van der Waals surface area contributed by atoms with E-state index in [1.807, 2.05) is 26.0 Å². The van der Waals surface area contributed by atoms with E-state index in [2.05, 4.69) is 0 Å². The van der Waals surface area contributed by atoms with Crippen LogP contribution in [-0.4, -0.2) is 12.1 Å². The van der Waals surface area contributed by atoms with Gasteiger partial charge in [-0.2, -0.15) is 0 Å². The number of aryl methyl sites for hydroxylation is 2. The third-order valence-corrected chi connectivity index (χ3v) is 4.60. The normalized spacial score (nSPS) is 12.0. The maximum atomic E-state index is 12.3. The Morgan fingerprint density at radius 3 is 2.56 bits per heavy atom. The highest BCUT2D eigenvalue weighted by molar-refractivity contribution is 6.30. The van der Waals surface area contributed by atoms with Gasteiger partial charge in [0.2, 0.25) is 0 Å². The fourth-order valence-corrected chi connectivity index (χ4v) is 2.80. The summed E-state index contributed by atoms with van der Waals surface area (Å²) in [5, 5.41) is 1.33. The summed E-state index contributed by atoms with van der Waals surface area (Å²) in [5.41, 5.74) is 2.53. The largest absolute Gasteiger partial charge is 0.479 e. The van der Waals surface area contributed by atoms with Gasteiger partial charge in [-0.3, -0.25) is 0 Å². The summed E-state index contributed by atoms with van der Waals surface area (Å²) >= 11 is 5.83. The highest BCUT2D eigenvalue weighted by Gasteiger charge is 2.18. The molecule has 27 heavy (non-hydrogen) atoms. The molecule has 5 nitrogen and oxygen atoms in total. The molecule has 0 aliphatic rings. The van der Waals surface area contributed by atoms with Gasteiger partial charge in [-0.05, 0) is 56.2 Å². The molecule has 0 unspecified atom stereocenters. The van der Waals surface area contributed by atoms with Gasteiger partial charge in [0.05, 0.1) is 0 Å². The number of ether oxygens (including phenoxy) is 2. The van der Waals surface area contributed by atoms with Crippen LogP contribution in [0.1, 0.15) is 23.6 Å². The molecule has 0 aliphatic heterocycles. The van der Waals surface area contributed by atoms with Crippen LogP contribution < -0.4 is 10.4 Å². The van der Waals surface area contributed by atoms with Crippen molar-refractivity contribution in [1.82, 2.24) is 0 Å². The first-order valence-corrected chi connectivity index (χ1v) is 8.85. The van der Waals surface area contributed by atoms with Crippen LogP contribution in [0.25, 0.3) is 11.0 Å². The number of benzene rings is 2. The van der Waals surface area contributed by atoms with E-state index in [-0.39, 0.29) is 6.61 Å². The van der Waals surface area contributed by atoms with Gasteiger partial charge in [-0.15, -0.1) is 0 Å². The van der Waals surface area contributed by atoms with E-state index in [9.17, 15) is 9.59 Å². The Morgan fingerprint density at radius 1 is 1.15 bits per heavy atom. The number of hydrogen-bond acceptors (Lipinski definition) is 5. The quantitative estimate of drug-likeness (QED) is 0.474. The minimum absolute atomic E-state index is 0.0439. The highest BCUT2D eigenvalue weighted by atomic mass is 35.5. The molecule has 0 N–H and O–H groups in total. The lowest BCUT2D eigenvalue weighted by atomic mass is 10.0. The van der Waals surface area contributed by atoms with Crippen molar-refractivity contribution < 1.29 is 18.7 Å². The van der Waals surface area contributed by atoms with Gasteiger partial charge in [0.25, 0.3) is 0 Å². The second-order valence-electron chi connectivity index (χ2n) is 6.30. The van der Waals surface area contributed by atoms with Gasteiger partial charge in [0.1, 0.15) is 17.9 Å². The van der Waals surface area contributed by atoms with E-state index >= 15 is 0 Å². The fourth-order valence-electron chi connectivity index (χ4n) is 2.68. The Morgan fingerprint density at radius 2 is 1.85 bits per heavy atom. The maximum Gasteiger partial charge on any atom is 0.347 e. The number of esters is 1. The Hall–Kier alpha value is -2.79. The van der Waals surface area contributed by atoms with Crippen LogP contribution in [0.4, 0.5) is 0 Å². The molecule has 2 aromatic carbocycles. The fraction of sp³-hybridized carbons (Fsp3) is 0.238. The Bertz CT molecular complexity index is 1040. The van der Waals surface area contributed by atoms with E-state index in [4.69, 9.17) is 25.5 Å². The van der Waals surface area contributed by atoms with E-state index in [1.165, 1.54) is 6.07 Å². The summed E-state index contributed by atoms with van der Waals surface area (Å²) in [4.78, 5) is 24.1. The highest BCUT2D eigenvalue weighted by Crippen LogP contribution is 2.24. The Kier molecular flexibility index (Phi) is 5.51. The molecule has 1 heterocycles. The number of hydrogen-bond donors (Lipinski definition) is 0. The van der Waals surface area contributed by atoms with E-state index in [0.717, 1.165) is 16.5 Å². The van der Waals surface area contributed by atoms with Crippen LogP contribution in [0.15, 0.2) is 51.7 Å². The van der Waals surface area contributed by atoms with Crippen LogP contribution in [0.2, 0.25) is 5.02 Å². The van der Waals surface area contributed by atoms with Crippen LogP contribution in [-0.2, 0) is 16.1 Å². The summed E-state index contributed by atoms with van der Waals surface area (Å²) in [6.45, 7) is 5.38. The lowest BCUT2D eigenvalue weighted by Gasteiger charge is -2.15. The zero-order valence-electron chi connectivity index (χ0n) is 15.2. The molecular weight excluding hydrogens is 368 g/mol. The summed E-state index contributed by atoms with van der Waals surface area (Å²) in [7, 11) is 0. The molecule has 140 valence electrons. The SMILES string of the molecule is Cc1ccc2c(COC(=O)[C@H](C)Oc3ccc(Cl)cc3)cc(=O)oc2c1C. The first kappa shape index (κ1) is 19.0. The summed E-state index contributed by atoms with van der Waals surface area (Å²) in [6, 6.07) is 11.8. The molecule has 3 rings (SSSR count). The smallest absolute Gasteiger partial charge is 0.347 e. The maximum absolute atomic E-state index is 12.3. The van der Waals surface area contributed by atoms with Gasteiger partial charge in [0, 0.05) is 22.0 Å². The number of carbonyl (C=O) groups is 1. The zero-order valence-corrected chi connectivity index (χ0v) is 16.0. The van der Waals surface area contributed by atoms with Crippen LogP contribution in [0.5, 0.6) is 5.75 Å². The van der Waals surface area contributed by atoms with Crippen molar-refractivity contribution in [3.8, 4) is 5.75 Å².